The number of hydrogen-bond acceptors (Lipinski definition) is 4. The first-order valence-corrected chi connectivity index (χ1v) is 7.87. The van der Waals surface area contributed by atoms with Crippen LogP contribution in [0.15, 0.2) is 11.5 Å². The van der Waals surface area contributed by atoms with Crippen LogP contribution in [0.4, 0.5) is 0 Å². The molecule has 6 heteroatoms. The largest absolute Gasteiger partial charge is 0.481 e. The first-order chi connectivity index (χ1) is 9.15. The Labute approximate surface area is 116 Å². The number of rotatable bonds is 5. The Balaban J connectivity index is 1.71. The van der Waals surface area contributed by atoms with Gasteiger partial charge in [0.2, 0.25) is 0 Å². The molecule has 104 valence electrons. The van der Waals surface area contributed by atoms with Crippen molar-refractivity contribution in [2.45, 2.75) is 43.8 Å². The van der Waals surface area contributed by atoms with Crippen molar-refractivity contribution < 1.29 is 9.90 Å². The van der Waals surface area contributed by atoms with Crippen LogP contribution < -0.4 is 0 Å². The zero-order chi connectivity index (χ0) is 13.4. The Hall–Kier alpha value is -1.04. The Morgan fingerprint density at radius 3 is 3.05 bits per heavy atom. The molecule has 0 aliphatic heterocycles. The van der Waals surface area contributed by atoms with Crippen LogP contribution in [0, 0.1) is 17.8 Å². The fraction of sp³-hybridized carbons (Fsp3) is 0.769. The molecule has 0 saturated heterocycles. The summed E-state index contributed by atoms with van der Waals surface area (Å²) in [7, 11) is 0. The zero-order valence-electron chi connectivity index (χ0n) is 11.0. The van der Waals surface area contributed by atoms with Gasteiger partial charge >= 0.3 is 5.97 Å². The van der Waals surface area contributed by atoms with Crippen molar-refractivity contribution in [3.05, 3.63) is 6.33 Å². The van der Waals surface area contributed by atoms with Gasteiger partial charge in [0.05, 0.1) is 5.75 Å². The quantitative estimate of drug-likeness (QED) is 0.840. The molecule has 1 aromatic heterocycles. The molecule has 2 saturated carbocycles. The molecule has 2 aliphatic rings. The van der Waals surface area contributed by atoms with Crippen molar-refractivity contribution in [1.29, 1.82) is 0 Å². The van der Waals surface area contributed by atoms with E-state index in [1.54, 1.807) is 6.33 Å². The summed E-state index contributed by atoms with van der Waals surface area (Å²) in [4.78, 5) is 10.7. The summed E-state index contributed by atoms with van der Waals surface area (Å²) >= 11 is 1.26. The van der Waals surface area contributed by atoms with Gasteiger partial charge in [-0.15, -0.1) is 10.2 Å². The third-order valence-electron chi connectivity index (χ3n) is 4.72. The summed E-state index contributed by atoms with van der Waals surface area (Å²) in [5.74, 6) is 1.71. The highest BCUT2D eigenvalue weighted by Crippen LogP contribution is 2.52. The van der Waals surface area contributed by atoms with Crippen LogP contribution in [0.2, 0.25) is 0 Å². The topological polar surface area (TPSA) is 68.0 Å². The van der Waals surface area contributed by atoms with E-state index in [0.717, 1.165) is 17.0 Å². The van der Waals surface area contributed by atoms with Crippen LogP contribution in [0.1, 0.15) is 38.6 Å². The summed E-state index contributed by atoms with van der Waals surface area (Å²) < 4.78 is 2.07. The molecule has 0 spiro atoms. The molecule has 0 amide bonds. The lowest BCUT2D eigenvalue weighted by atomic mass is 9.84. The lowest BCUT2D eigenvalue weighted by molar-refractivity contribution is -0.133. The van der Waals surface area contributed by atoms with Gasteiger partial charge in [-0.2, -0.15) is 0 Å². The van der Waals surface area contributed by atoms with Gasteiger partial charge in [0, 0.05) is 6.04 Å². The van der Waals surface area contributed by atoms with E-state index in [2.05, 4.69) is 21.7 Å². The molecular formula is C13H19N3O2S. The first kappa shape index (κ1) is 13.0. The van der Waals surface area contributed by atoms with E-state index >= 15 is 0 Å². The van der Waals surface area contributed by atoms with E-state index in [4.69, 9.17) is 5.11 Å². The fourth-order valence-electron chi connectivity index (χ4n) is 3.83. The predicted octanol–water partition coefficient (Wildman–Crippen LogP) is 2.45. The summed E-state index contributed by atoms with van der Waals surface area (Å²) in [5, 5.41) is 17.5. The van der Waals surface area contributed by atoms with Crippen molar-refractivity contribution in [2.75, 3.05) is 5.75 Å². The molecule has 2 fully saturated rings. The lowest BCUT2D eigenvalue weighted by Crippen LogP contribution is -2.22. The molecule has 4 unspecified atom stereocenters. The maximum Gasteiger partial charge on any atom is 0.313 e. The summed E-state index contributed by atoms with van der Waals surface area (Å²) in [6.07, 6.45) is 7.21. The second kappa shape index (κ2) is 5.15. The molecule has 19 heavy (non-hydrogen) atoms. The number of hydrogen-bond donors (Lipinski definition) is 1. The second-order valence-electron chi connectivity index (χ2n) is 5.78. The van der Waals surface area contributed by atoms with Gasteiger partial charge in [-0.3, -0.25) is 4.79 Å². The summed E-state index contributed by atoms with van der Waals surface area (Å²) in [5.41, 5.74) is 0. The highest BCUT2D eigenvalue weighted by atomic mass is 32.2. The minimum absolute atomic E-state index is 0.0438. The molecule has 3 rings (SSSR count). The van der Waals surface area contributed by atoms with Gasteiger partial charge in [-0.25, -0.2) is 0 Å². The minimum atomic E-state index is -0.813. The van der Waals surface area contributed by atoms with Crippen molar-refractivity contribution >= 4 is 17.7 Å². The minimum Gasteiger partial charge on any atom is -0.481 e. The monoisotopic (exact) mass is 281 g/mol. The molecule has 2 bridgehead atoms. The van der Waals surface area contributed by atoms with E-state index in [1.807, 2.05) is 0 Å². The standard InChI is InChI=1S/C13H19N3O2S/c1-8(11-5-9-2-3-10(11)4-9)16-7-14-15-13(16)19-6-12(17)18/h7-11H,2-6H2,1H3,(H,17,18). The molecule has 0 radical (unpaired) electrons. The fourth-order valence-corrected chi connectivity index (χ4v) is 4.55. The maximum absolute atomic E-state index is 10.7. The smallest absolute Gasteiger partial charge is 0.313 e. The highest BCUT2D eigenvalue weighted by Gasteiger charge is 2.42. The van der Waals surface area contributed by atoms with Crippen molar-refractivity contribution in [1.82, 2.24) is 14.8 Å². The van der Waals surface area contributed by atoms with Gasteiger partial charge in [-0.1, -0.05) is 18.2 Å². The molecule has 4 atom stereocenters. The van der Waals surface area contributed by atoms with Gasteiger partial charge in [0.15, 0.2) is 5.16 Å². The molecule has 1 N–H and O–H groups in total. The SMILES string of the molecule is CC(C1CC2CCC1C2)n1cnnc1SCC(=O)O. The molecule has 0 aromatic carbocycles. The predicted molar refractivity (Wildman–Crippen MR) is 72.0 cm³/mol. The number of aliphatic carboxylic acids is 1. The summed E-state index contributed by atoms with van der Waals surface area (Å²) in [6.45, 7) is 2.22. The summed E-state index contributed by atoms with van der Waals surface area (Å²) in [6, 6.07) is 0.376. The van der Waals surface area contributed by atoms with E-state index in [0.29, 0.717) is 12.0 Å². The van der Waals surface area contributed by atoms with Gasteiger partial charge < -0.3 is 9.67 Å². The number of thioether (sulfide) groups is 1. The number of fused-ring (bicyclic) bond motifs is 2. The lowest BCUT2D eigenvalue weighted by Gasteiger charge is -2.29. The average Bonchev–Trinajstić information content (AvgIpc) is 3.10. The molecule has 5 nitrogen and oxygen atoms in total. The number of aromatic nitrogens is 3. The average molecular weight is 281 g/mol. The van der Waals surface area contributed by atoms with Crippen LogP contribution >= 0.6 is 11.8 Å². The van der Waals surface area contributed by atoms with Crippen LogP contribution in [0.5, 0.6) is 0 Å². The number of carboxylic acids is 1. The third kappa shape index (κ3) is 2.50. The van der Waals surface area contributed by atoms with Crippen LogP contribution in [-0.4, -0.2) is 31.6 Å². The third-order valence-corrected chi connectivity index (χ3v) is 5.66. The van der Waals surface area contributed by atoms with Crippen LogP contribution in [0.25, 0.3) is 0 Å². The molecule has 1 aromatic rings. The second-order valence-corrected chi connectivity index (χ2v) is 6.73. The van der Waals surface area contributed by atoms with Crippen molar-refractivity contribution in [2.24, 2.45) is 17.8 Å². The Morgan fingerprint density at radius 1 is 1.58 bits per heavy atom. The van der Waals surface area contributed by atoms with E-state index in [9.17, 15) is 4.79 Å². The Kier molecular flexibility index (Phi) is 3.52. The van der Waals surface area contributed by atoms with Crippen molar-refractivity contribution in [3.8, 4) is 0 Å². The van der Waals surface area contributed by atoms with Gasteiger partial charge in [0.25, 0.3) is 0 Å². The normalized spacial score (nSPS) is 30.7. The van der Waals surface area contributed by atoms with E-state index in [1.165, 1.54) is 37.4 Å². The number of nitrogens with zero attached hydrogens (tertiary/aromatic N) is 3. The maximum atomic E-state index is 10.7. The van der Waals surface area contributed by atoms with Crippen LogP contribution in [-0.2, 0) is 4.79 Å². The van der Waals surface area contributed by atoms with Gasteiger partial charge in [0.1, 0.15) is 6.33 Å². The molecule has 1 heterocycles. The zero-order valence-corrected chi connectivity index (χ0v) is 11.8. The van der Waals surface area contributed by atoms with E-state index < -0.39 is 5.97 Å². The Morgan fingerprint density at radius 2 is 2.42 bits per heavy atom. The molecular weight excluding hydrogens is 262 g/mol. The van der Waals surface area contributed by atoms with Crippen molar-refractivity contribution in [3.63, 3.8) is 0 Å². The first-order valence-electron chi connectivity index (χ1n) is 6.89. The van der Waals surface area contributed by atoms with Crippen LogP contribution in [0.3, 0.4) is 0 Å². The Bertz CT molecular complexity index is 476. The van der Waals surface area contributed by atoms with Gasteiger partial charge in [-0.05, 0) is 43.9 Å². The molecule has 2 aliphatic carbocycles. The van der Waals surface area contributed by atoms with E-state index in [-0.39, 0.29) is 5.75 Å². The number of carbonyl (C=O) groups is 1. The number of carboxylic acid groups (broad SMARTS) is 1. The highest BCUT2D eigenvalue weighted by molar-refractivity contribution is 7.99.